The molecular formula is C5H14BNO2. The number of rotatable bonds is 3. The largest absolute Gasteiger partial charge is 0.469 e. The first-order chi connectivity index (χ1) is 4.04. The van der Waals surface area contributed by atoms with Crippen molar-refractivity contribution in [1.29, 1.82) is 0 Å². The van der Waals surface area contributed by atoms with Gasteiger partial charge in [-0.25, -0.2) is 0 Å². The van der Waals surface area contributed by atoms with E-state index in [1.165, 1.54) is 0 Å². The molecule has 0 saturated carbocycles. The van der Waals surface area contributed by atoms with Crippen LogP contribution in [-0.2, 0) is 0 Å². The predicted molar refractivity (Wildman–Crippen MR) is 37.6 cm³/mol. The first-order valence-electron chi connectivity index (χ1n) is 3.15. The Hall–Kier alpha value is -0.0551. The van der Waals surface area contributed by atoms with Crippen LogP contribution in [-0.4, -0.2) is 23.1 Å². The highest BCUT2D eigenvalue weighted by Gasteiger charge is 2.18. The van der Waals surface area contributed by atoms with Gasteiger partial charge >= 0.3 is 7.12 Å². The van der Waals surface area contributed by atoms with Gasteiger partial charge in [0.1, 0.15) is 0 Å². The summed E-state index contributed by atoms with van der Waals surface area (Å²) >= 11 is 0. The van der Waals surface area contributed by atoms with Crippen LogP contribution in [0.5, 0.6) is 0 Å². The summed E-state index contributed by atoms with van der Waals surface area (Å²) in [4.78, 5) is 0. The monoisotopic (exact) mass is 131 g/mol. The van der Waals surface area contributed by atoms with Crippen LogP contribution >= 0.6 is 0 Å². The van der Waals surface area contributed by atoms with E-state index in [2.05, 4.69) is 0 Å². The Morgan fingerprint density at radius 1 is 1.44 bits per heavy atom. The first kappa shape index (κ1) is 8.94. The summed E-state index contributed by atoms with van der Waals surface area (Å²) in [7, 11) is -1.37. The van der Waals surface area contributed by atoms with Crippen molar-refractivity contribution < 1.29 is 10.0 Å². The molecule has 3 nitrogen and oxygen atoms in total. The van der Waals surface area contributed by atoms with Crippen LogP contribution in [0, 0.1) is 5.92 Å². The van der Waals surface area contributed by atoms with Crippen molar-refractivity contribution >= 4 is 7.12 Å². The molecule has 0 spiro atoms. The van der Waals surface area contributed by atoms with Crippen LogP contribution in [0.1, 0.15) is 20.3 Å². The number of hydrogen-bond donors (Lipinski definition) is 3. The summed E-state index contributed by atoms with van der Waals surface area (Å²) in [6, 6.07) is 0. The van der Waals surface area contributed by atoms with Crippen LogP contribution in [0.15, 0.2) is 0 Å². The predicted octanol–water partition coefficient (Wildman–Crippen LogP) is -0.628. The quantitative estimate of drug-likeness (QED) is 0.447. The highest BCUT2D eigenvalue weighted by Crippen LogP contribution is 2.02. The van der Waals surface area contributed by atoms with E-state index in [0.717, 1.165) is 0 Å². The van der Waals surface area contributed by atoms with Gasteiger partial charge < -0.3 is 15.8 Å². The van der Waals surface area contributed by atoms with Crippen molar-refractivity contribution in [2.24, 2.45) is 11.7 Å². The second kappa shape index (κ2) is 3.87. The Balaban J connectivity index is 3.38. The minimum absolute atomic E-state index is 0.418. The van der Waals surface area contributed by atoms with Gasteiger partial charge in [-0.2, -0.15) is 0 Å². The van der Waals surface area contributed by atoms with Gasteiger partial charge in [0.05, 0.1) is 0 Å². The second-order valence-electron chi connectivity index (χ2n) is 2.71. The molecule has 4 heteroatoms. The molecular weight excluding hydrogens is 117 g/mol. The molecule has 0 rings (SSSR count). The van der Waals surface area contributed by atoms with E-state index < -0.39 is 13.1 Å². The maximum atomic E-state index is 8.50. The summed E-state index contributed by atoms with van der Waals surface area (Å²) < 4.78 is 0. The molecule has 0 radical (unpaired) electrons. The maximum absolute atomic E-state index is 8.50. The molecule has 0 aromatic heterocycles. The molecule has 0 saturated heterocycles. The van der Waals surface area contributed by atoms with Gasteiger partial charge in [0.2, 0.25) is 0 Å². The average molecular weight is 131 g/mol. The first-order valence-corrected chi connectivity index (χ1v) is 3.15. The van der Waals surface area contributed by atoms with E-state index in [-0.39, 0.29) is 0 Å². The molecule has 0 aromatic carbocycles. The highest BCUT2D eigenvalue weighted by atomic mass is 16.4. The van der Waals surface area contributed by atoms with Crippen molar-refractivity contribution in [3.8, 4) is 0 Å². The number of hydrogen-bond acceptors (Lipinski definition) is 3. The molecule has 4 N–H and O–H groups in total. The molecule has 0 heterocycles. The van der Waals surface area contributed by atoms with Gasteiger partial charge in [0.25, 0.3) is 0 Å². The van der Waals surface area contributed by atoms with E-state index in [1.54, 1.807) is 0 Å². The van der Waals surface area contributed by atoms with Gasteiger partial charge in [0.15, 0.2) is 0 Å². The lowest BCUT2D eigenvalue weighted by Crippen LogP contribution is -2.39. The van der Waals surface area contributed by atoms with Crippen LogP contribution in [0.25, 0.3) is 0 Å². The van der Waals surface area contributed by atoms with E-state index in [4.69, 9.17) is 15.8 Å². The van der Waals surface area contributed by atoms with Crippen LogP contribution in [0.2, 0.25) is 0 Å². The number of nitrogens with two attached hydrogens (primary N) is 1. The molecule has 54 valence electrons. The molecule has 9 heavy (non-hydrogen) atoms. The lowest BCUT2D eigenvalue weighted by Gasteiger charge is -2.11. The van der Waals surface area contributed by atoms with E-state index in [9.17, 15) is 0 Å². The normalized spacial score (nSPS) is 14.0. The summed E-state index contributed by atoms with van der Waals surface area (Å²) in [6.45, 7) is 3.98. The Kier molecular flexibility index (Phi) is 3.85. The summed E-state index contributed by atoms with van der Waals surface area (Å²) in [5.41, 5.74) is 5.32. The van der Waals surface area contributed by atoms with Gasteiger partial charge in [0, 0.05) is 5.94 Å². The minimum atomic E-state index is -1.37. The third-order valence-electron chi connectivity index (χ3n) is 1.13. The molecule has 1 atom stereocenters. The fourth-order valence-corrected chi connectivity index (χ4v) is 0.666. The van der Waals surface area contributed by atoms with Gasteiger partial charge in [-0.3, -0.25) is 0 Å². The molecule has 0 aliphatic rings. The standard InChI is InChI=1S/C5H14BNO2/c1-4(2)3-5(7)6(8)9/h4-5,8-9H,3,7H2,1-2H3/t5-/m0/s1. The fourth-order valence-electron chi connectivity index (χ4n) is 0.666. The summed E-state index contributed by atoms with van der Waals surface area (Å²) in [6.07, 6.45) is 0.650. The Bertz CT molecular complexity index is 77.4. The molecule has 0 aliphatic carbocycles. The molecule has 0 aliphatic heterocycles. The molecule has 0 bridgehead atoms. The summed E-state index contributed by atoms with van der Waals surface area (Å²) in [5, 5.41) is 17.0. The third-order valence-corrected chi connectivity index (χ3v) is 1.13. The minimum Gasteiger partial charge on any atom is -0.426 e. The lowest BCUT2D eigenvalue weighted by molar-refractivity contribution is 0.371. The van der Waals surface area contributed by atoms with Crippen molar-refractivity contribution in [2.75, 3.05) is 0 Å². The second-order valence-corrected chi connectivity index (χ2v) is 2.71. The Morgan fingerprint density at radius 3 is 2.00 bits per heavy atom. The highest BCUT2D eigenvalue weighted by molar-refractivity contribution is 6.43. The molecule has 0 amide bonds. The van der Waals surface area contributed by atoms with Crippen LogP contribution in [0.4, 0.5) is 0 Å². The third kappa shape index (κ3) is 4.45. The van der Waals surface area contributed by atoms with Crippen molar-refractivity contribution in [3.05, 3.63) is 0 Å². The average Bonchev–Trinajstić information content (AvgIpc) is 1.63. The summed E-state index contributed by atoms with van der Waals surface area (Å²) in [5.74, 6) is -0.0770. The molecule has 0 fully saturated rings. The molecule has 0 aromatic rings. The van der Waals surface area contributed by atoms with Gasteiger partial charge in [-0.15, -0.1) is 0 Å². The van der Waals surface area contributed by atoms with Crippen molar-refractivity contribution in [1.82, 2.24) is 0 Å². The Morgan fingerprint density at radius 2 is 1.89 bits per heavy atom. The SMILES string of the molecule is CC(C)C[C@H](N)B(O)O. The Labute approximate surface area is 56.0 Å². The fraction of sp³-hybridized carbons (Fsp3) is 1.00. The molecule has 0 unspecified atom stereocenters. The maximum Gasteiger partial charge on any atom is 0.469 e. The van der Waals surface area contributed by atoms with Crippen molar-refractivity contribution in [3.63, 3.8) is 0 Å². The van der Waals surface area contributed by atoms with Crippen LogP contribution < -0.4 is 5.73 Å². The van der Waals surface area contributed by atoms with E-state index >= 15 is 0 Å². The zero-order valence-electron chi connectivity index (χ0n) is 5.91. The zero-order valence-corrected chi connectivity index (χ0v) is 5.91. The zero-order chi connectivity index (χ0) is 7.44. The van der Waals surface area contributed by atoms with E-state index in [0.29, 0.717) is 12.3 Å². The van der Waals surface area contributed by atoms with E-state index in [1.807, 2.05) is 13.8 Å². The van der Waals surface area contributed by atoms with Crippen molar-refractivity contribution in [2.45, 2.75) is 26.2 Å². The van der Waals surface area contributed by atoms with Gasteiger partial charge in [-0.1, -0.05) is 13.8 Å². The van der Waals surface area contributed by atoms with Crippen LogP contribution in [0.3, 0.4) is 0 Å². The topological polar surface area (TPSA) is 66.5 Å². The smallest absolute Gasteiger partial charge is 0.426 e. The lowest BCUT2D eigenvalue weighted by atomic mass is 9.76. The van der Waals surface area contributed by atoms with Gasteiger partial charge in [-0.05, 0) is 12.3 Å².